The second-order valence-corrected chi connectivity index (χ2v) is 4.23. The van der Waals surface area contributed by atoms with Crippen LogP contribution in [0, 0.1) is 5.92 Å². The molecule has 14 heavy (non-hydrogen) atoms. The van der Waals surface area contributed by atoms with Crippen LogP contribution < -0.4 is 0 Å². The van der Waals surface area contributed by atoms with Crippen molar-refractivity contribution in [1.82, 2.24) is 0 Å². The maximum atomic E-state index is 11.1. The van der Waals surface area contributed by atoms with Crippen molar-refractivity contribution in [2.24, 2.45) is 5.92 Å². The number of carbonyl (C=O) groups is 2. The summed E-state index contributed by atoms with van der Waals surface area (Å²) in [6.45, 7) is 0. The molecule has 1 aliphatic rings. The molecule has 0 aliphatic heterocycles. The molecule has 0 aromatic heterocycles. The van der Waals surface area contributed by atoms with Crippen LogP contribution >= 0.6 is 23.2 Å². The molecule has 0 N–H and O–H groups in total. The van der Waals surface area contributed by atoms with Gasteiger partial charge in [0.05, 0.1) is 0 Å². The smallest absolute Gasteiger partial charge is 0.248 e. The molecule has 1 fully saturated rings. The van der Waals surface area contributed by atoms with Crippen molar-refractivity contribution >= 4 is 33.7 Å². The summed E-state index contributed by atoms with van der Waals surface area (Å²) < 4.78 is 0. The average Bonchev–Trinajstić information content (AvgIpc) is 2.15. The molecule has 0 saturated heterocycles. The fourth-order valence-electron chi connectivity index (χ4n) is 1.87. The molecule has 0 amide bonds. The Kier molecular flexibility index (Phi) is 4.63. The molecule has 0 spiro atoms. The van der Waals surface area contributed by atoms with Crippen LogP contribution in [0.1, 0.15) is 32.1 Å². The number of hydrogen-bond acceptors (Lipinski definition) is 2. The summed E-state index contributed by atoms with van der Waals surface area (Å²) in [5.41, 5.74) is 0.381. The highest BCUT2D eigenvalue weighted by atomic mass is 35.5. The first-order chi connectivity index (χ1) is 6.61. The molecule has 0 bridgehead atoms. The second kappa shape index (κ2) is 5.52. The predicted molar refractivity (Wildman–Crippen MR) is 56.4 cm³/mol. The summed E-state index contributed by atoms with van der Waals surface area (Å²) >= 11 is 10.6. The lowest BCUT2D eigenvalue weighted by Crippen LogP contribution is -2.14. The van der Waals surface area contributed by atoms with Crippen LogP contribution in [0.15, 0.2) is 11.6 Å². The Morgan fingerprint density at radius 1 is 1.07 bits per heavy atom. The van der Waals surface area contributed by atoms with Crippen LogP contribution in [0.2, 0.25) is 0 Å². The lowest BCUT2D eigenvalue weighted by molar-refractivity contribution is -0.110. The third-order valence-electron chi connectivity index (χ3n) is 2.54. The van der Waals surface area contributed by atoms with Crippen LogP contribution in [-0.4, -0.2) is 10.5 Å². The highest BCUT2D eigenvalue weighted by Gasteiger charge is 2.22. The molecule has 0 aromatic carbocycles. The van der Waals surface area contributed by atoms with Crippen molar-refractivity contribution in [3.8, 4) is 0 Å². The van der Waals surface area contributed by atoms with Crippen molar-refractivity contribution in [1.29, 1.82) is 0 Å². The van der Waals surface area contributed by atoms with Crippen LogP contribution in [-0.2, 0) is 9.59 Å². The van der Waals surface area contributed by atoms with Crippen LogP contribution in [0.3, 0.4) is 0 Å². The minimum absolute atomic E-state index is 0.122. The number of rotatable bonds is 3. The molecule has 0 aromatic rings. The van der Waals surface area contributed by atoms with E-state index in [1.54, 1.807) is 0 Å². The van der Waals surface area contributed by atoms with Gasteiger partial charge < -0.3 is 0 Å². The van der Waals surface area contributed by atoms with E-state index in [2.05, 4.69) is 0 Å². The van der Waals surface area contributed by atoms with E-state index in [9.17, 15) is 9.59 Å². The molecular weight excluding hydrogens is 223 g/mol. The van der Waals surface area contributed by atoms with Gasteiger partial charge in [-0.25, -0.2) is 0 Å². The van der Waals surface area contributed by atoms with Crippen molar-refractivity contribution in [2.75, 3.05) is 0 Å². The van der Waals surface area contributed by atoms with E-state index in [0.717, 1.165) is 31.8 Å². The van der Waals surface area contributed by atoms with E-state index in [0.29, 0.717) is 5.57 Å². The van der Waals surface area contributed by atoms with Crippen LogP contribution in [0.25, 0.3) is 0 Å². The van der Waals surface area contributed by atoms with Crippen LogP contribution in [0.5, 0.6) is 0 Å². The Morgan fingerprint density at radius 2 is 1.64 bits per heavy atom. The molecular formula is C10H12Cl2O2. The first-order valence-corrected chi connectivity index (χ1v) is 5.47. The maximum Gasteiger partial charge on any atom is 0.248 e. The van der Waals surface area contributed by atoms with Gasteiger partial charge in [-0.2, -0.15) is 0 Å². The third-order valence-corrected chi connectivity index (χ3v) is 2.87. The second-order valence-electron chi connectivity index (χ2n) is 3.51. The Balaban J connectivity index is 2.76. The van der Waals surface area contributed by atoms with E-state index in [4.69, 9.17) is 23.2 Å². The summed E-state index contributed by atoms with van der Waals surface area (Å²) in [6, 6.07) is 0. The van der Waals surface area contributed by atoms with Gasteiger partial charge >= 0.3 is 0 Å². The van der Waals surface area contributed by atoms with Crippen molar-refractivity contribution < 1.29 is 9.59 Å². The Hall–Kier alpha value is -0.340. The van der Waals surface area contributed by atoms with Crippen molar-refractivity contribution in [3.05, 3.63) is 11.6 Å². The quantitative estimate of drug-likeness (QED) is 0.556. The largest absolute Gasteiger partial charge is 0.276 e. The Morgan fingerprint density at radius 3 is 2.07 bits per heavy atom. The topological polar surface area (TPSA) is 34.1 Å². The lowest BCUT2D eigenvalue weighted by Gasteiger charge is -2.21. The number of allylic oxidation sites excluding steroid dienone is 2. The average molecular weight is 235 g/mol. The maximum absolute atomic E-state index is 11.1. The minimum Gasteiger partial charge on any atom is -0.276 e. The summed E-state index contributed by atoms with van der Waals surface area (Å²) in [6.07, 6.45) is 6.37. The Bertz CT molecular complexity index is 265. The van der Waals surface area contributed by atoms with Gasteiger partial charge in [-0.1, -0.05) is 19.3 Å². The first kappa shape index (κ1) is 11.7. The molecule has 0 radical (unpaired) electrons. The monoisotopic (exact) mass is 234 g/mol. The summed E-state index contributed by atoms with van der Waals surface area (Å²) in [5.74, 6) is 0.122. The molecule has 2 nitrogen and oxygen atoms in total. The van der Waals surface area contributed by atoms with E-state index >= 15 is 0 Å². The van der Waals surface area contributed by atoms with E-state index < -0.39 is 10.5 Å². The zero-order valence-corrected chi connectivity index (χ0v) is 9.27. The van der Waals surface area contributed by atoms with E-state index in [1.165, 1.54) is 6.42 Å². The van der Waals surface area contributed by atoms with Crippen molar-refractivity contribution in [2.45, 2.75) is 32.1 Å². The van der Waals surface area contributed by atoms with Crippen LogP contribution in [0.4, 0.5) is 0 Å². The highest BCUT2D eigenvalue weighted by Crippen LogP contribution is 2.30. The zero-order chi connectivity index (χ0) is 10.6. The summed E-state index contributed by atoms with van der Waals surface area (Å²) in [5, 5.41) is -1.18. The summed E-state index contributed by atoms with van der Waals surface area (Å²) in [7, 11) is 0. The van der Waals surface area contributed by atoms with Gasteiger partial charge in [0.2, 0.25) is 10.5 Å². The number of halogens is 2. The predicted octanol–water partition coefficient (Wildman–Crippen LogP) is 3.02. The molecule has 4 heteroatoms. The highest BCUT2D eigenvalue weighted by molar-refractivity contribution is 6.70. The minimum atomic E-state index is -0.625. The van der Waals surface area contributed by atoms with E-state index in [1.807, 2.05) is 0 Å². The van der Waals surface area contributed by atoms with Crippen molar-refractivity contribution in [3.63, 3.8) is 0 Å². The van der Waals surface area contributed by atoms with Gasteiger partial charge in [0.15, 0.2) is 0 Å². The number of hydrogen-bond donors (Lipinski definition) is 0. The number of carbonyl (C=O) groups excluding carboxylic acids is 2. The molecule has 78 valence electrons. The van der Waals surface area contributed by atoms with Gasteiger partial charge in [0.1, 0.15) is 0 Å². The van der Waals surface area contributed by atoms with Gasteiger partial charge in [-0.3, -0.25) is 9.59 Å². The fourth-order valence-corrected chi connectivity index (χ4v) is 2.20. The molecule has 0 heterocycles. The lowest BCUT2D eigenvalue weighted by atomic mass is 9.84. The molecule has 0 atom stereocenters. The molecule has 1 saturated carbocycles. The first-order valence-electron chi connectivity index (χ1n) is 4.72. The third kappa shape index (κ3) is 3.43. The normalized spacial score (nSPS) is 19.4. The standard InChI is InChI=1S/C10H12Cl2O2/c11-9(13)6-8(10(12)14)7-4-2-1-3-5-7/h6-7H,1-5H2/b8-6+. The SMILES string of the molecule is O=C(Cl)/C=C(/C(=O)Cl)C1CCCCC1. The van der Waals surface area contributed by atoms with Gasteiger partial charge in [-0.15, -0.1) is 0 Å². The fraction of sp³-hybridized carbons (Fsp3) is 0.600. The molecule has 0 unspecified atom stereocenters. The van der Waals surface area contributed by atoms with Gasteiger partial charge in [0, 0.05) is 11.6 Å². The van der Waals surface area contributed by atoms with Gasteiger partial charge in [-0.05, 0) is 42.0 Å². The molecule has 1 rings (SSSR count). The Labute approximate surface area is 93.3 Å². The molecule has 1 aliphatic carbocycles. The zero-order valence-electron chi connectivity index (χ0n) is 7.76. The summed E-state index contributed by atoms with van der Waals surface area (Å²) in [4.78, 5) is 21.7. The van der Waals surface area contributed by atoms with E-state index in [-0.39, 0.29) is 5.92 Å². The van der Waals surface area contributed by atoms with Gasteiger partial charge in [0.25, 0.3) is 0 Å².